The molecule has 2 atom stereocenters. The second-order valence-corrected chi connectivity index (χ2v) is 10.5. The largest absolute Gasteiger partial charge is 0.443 e. The molecule has 4 bridgehead atoms. The van der Waals surface area contributed by atoms with E-state index in [4.69, 9.17) is 10.5 Å². The minimum atomic E-state index is -4.85. The van der Waals surface area contributed by atoms with Gasteiger partial charge in [0.05, 0.1) is 17.2 Å². The highest BCUT2D eigenvalue weighted by Crippen LogP contribution is 2.57. The number of rotatable bonds is 6. The Labute approximate surface area is 200 Å². The summed E-state index contributed by atoms with van der Waals surface area (Å²) in [6, 6.07) is -0.323. The lowest BCUT2D eigenvalue weighted by Gasteiger charge is -2.58. The van der Waals surface area contributed by atoms with Crippen LogP contribution in [0.1, 0.15) is 62.0 Å². The molecule has 1 aromatic rings. The zero-order valence-corrected chi connectivity index (χ0v) is 19.8. The number of aromatic nitrogens is 2. The van der Waals surface area contributed by atoms with Gasteiger partial charge in [0.15, 0.2) is 5.69 Å². The predicted molar refractivity (Wildman–Crippen MR) is 119 cm³/mol. The first-order chi connectivity index (χ1) is 16.2. The SMILES string of the molecule is CNC(=O)C(C)(C)/C=C/n1ncc(C(=O)NC2C3CC4CC2CC(OC(N)=O)(C4)C3)c1C(F)(F)F. The van der Waals surface area contributed by atoms with Crippen LogP contribution in [0.3, 0.4) is 0 Å². The van der Waals surface area contributed by atoms with Crippen molar-refractivity contribution in [1.29, 1.82) is 0 Å². The number of ether oxygens (including phenoxy) is 1. The zero-order chi connectivity index (χ0) is 25.8. The summed E-state index contributed by atoms with van der Waals surface area (Å²) in [5.74, 6) is -0.927. The van der Waals surface area contributed by atoms with Crippen molar-refractivity contribution in [1.82, 2.24) is 20.4 Å². The molecule has 4 fully saturated rings. The summed E-state index contributed by atoms with van der Waals surface area (Å²) in [4.78, 5) is 36.5. The predicted octanol–water partition coefficient (Wildman–Crippen LogP) is 2.92. The van der Waals surface area contributed by atoms with E-state index < -0.39 is 40.5 Å². The first-order valence-corrected chi connectivity index (χ1v) is 11.6. The van der Waals surface area contributed by atoms with E-state index in [-0.39, 0.29) is 23.8 Å². The van der Waals surface area contributed by atoms with Crippen molar-refractivity contribution in [3.63, 3.8) is 0 Å². The summed E-state index contributed by atoms with van der Waals surface area (Å²) in [7, 11) is 1.43. The lowest BCUT2D eigenvalue weighted by Crippen LogP contribution is -2.63. The molecule has 192 valence electrons. The second-order valence-electron chi connectivity index (χ2n) is 10.5. The third-order valence-corrected chi connectivity index (χ3v) is 7.59. The highest BCUT2D eigenvalue weighted by atomic mass is 19.4. The van der Waals surface area contributed by atoms with Crippen LogP contribution in [0.25, 0.3) is 6.20 Å². The van der Waals surface area contributed by atoms with Gasteiger partial charge in [0, 0.05) is 19.3 Å². The van der Waals surface area contributed by atoms with E-state index in [1.807, 2.05) is 0 Å². The summed E-state index contributed by atoms with van der Waals surface area (Å²) < 4.78 is 48.0. The summed E-state index contributed by atoms with van der Waals surface area (Å²) >= 11 is 0. The Hall–Kier alpha value is -3.05. The van der Waals surface area contributed by atoms with Gasteiger partial charge in [-0.1, -0.05) is 6.08 Å². The van der Waals surface area contributed by atoms with E-state index in [1.54, 1.807) is 13.8 Å². The monoisotopic (exact) mass is 497 g/mol. The molecule has 0 radical (unpaired) electrons. The molecule has 1 aromatic heterocycles. The Morgan fingerprint density at radius 2 is 1.83 bits per heavy atom. The fraction of sp³-hybridized carbons (Fsp3) is 0.652. The number of nitrogens with two attached hydrogens (primary N) is 1. The molecule has 4 N–H and O–H groups in total. The van der Waals surface area contributed by atoms with Crippen molar-refractivity contribution in [3.8, 4) is 0 Å². The maximum absolute atomic E-state index is 14.0. The molecule has 4 aliphatic rings. The van der Waals surface area contributed by atoms with Crippen LogP contribution in [-0.2, 0) is 15.7 Å². The fourth-order valence-electron chi connectivity index (χ4n) is 6.33. The minimum Gasteiger partial charge on any atom is -0.443 e. The van der Waals surface area contributed by atoms with Crippen molar-refractivity contribution >= 4 is 24.1 Å². The van der Waals surface area contributed by atoms with Gasteiger partial charge in [0.1, 0.15) is 5.60 Å². The van der Waals surface area contributed by atoms with Crippen LogP contribution in [0, 0.1) is 23.2 Å². The summed E-state index contributed by atoms with van der Waals surface area (Å²) in [5.41, 5.74) is 1.74. The van der Waals surface area contributed by atoms with Gasteiger partial charge in [-0.2, -0.15) is 18.3 Å². The van der Waals surface area contributed by atoms with Gasteiger partial charge in [0.25, 0.3) is 5.91 Å². The highest BCUT2D eigenvalue weighted by molar-refractivity contribution is 5.95. The Bertz CT molecular complexity index is 1050. The molecule has 2 unspecified atom stereocenters. The van der Waals surface area contributed by atoms with Gasteiger partial charge < -0.3 is 21.1 Å². The molecule has 0 saturated heterocycles. The van der Waals surface area contributed by atoms with Crippen molar-refractivity contribution in [2.24, 2.45) is 28.9 Å². The number of carbonyl (C=O) groups is 3. The van der Waals surface area contributed by atoms with Crippen LogP contribution in [0.5, 0.6) is 0 Å². The Balaban J connectivity index is 1.56. The summed E-state index contributed by atoms with van der Waals surface area (Å²) in [5, 5.41) is 9.04. The number of nitrogens with one attached hydrogen (secondary N) is 2. The van der Waals surface area contributed by atoms with Crippen molar-refractivity contribution < 1.29 is 32.3 Å². The smallest absolute Gasteiger partial charge is 0.434 e. The van der Waals surface area contributed by atoms with E-state index >= 15 is 0 Å². The summed E-state index contributed by atoms with van der Waals surface area (Å²) in [6.07, 6.45) is 0.955. The van der Waals surface area contributed by atoms with Crippen LogP contribution in [0.2, 0.25) is 0 Å². The molecule has 4 aliphatic carbocycles. The summed E-state index contributed by atoms with van der Waals surface area (Å²) in [6.45, 7) is 3.10. The highest BCUT2D eigenvalue weighted by Gasteiger charge is 2.57. The van der Waals surface area contributed by atoms with Gasteiger partial charge in [-0.05, 0) is 63.7 Å². The van der Waals surface area contributed by atoms with Crippen LogP contribution in [-0.4, -0.2) is 46.4 Å². The number of halogens is 3. The third-order valence-electron chi connectivity index (χ3n) is 7.59. The topological polar surface area (TPSA) is 128 Å². The third kappa shape index (κ3) is 4.74. The number of hydrogen-bond donors (Lipinski definition) is 3. The first-order valence-electron chi connectivity index (χ1n) is 11.6. The molecule has 4 saturated carbocycles. The average Bonchev–Trinajstić information content (AvgIpc) is 3.17. The molecule has 3 amide bonds. The van der Waals surface area contributed by atoms with E-state index in [9.17, 15) is 27.6 Å². The molecular formula is C23H30F3N5O4. The molecule has 12 heteroatoms. The molecule has 5 rings (SSSR count). The fourth-order valence-corrected chi connectivity index (χ4v) is 6.33. The van der Waals surface area contributed by atoms with Crippen molar-refractivity contribution in [2.75, 3.05) is 7.05 Å². The van der Waals surface area contributed by atoms with Crippen molar-refractivity contribution in [3.05, 3.63) is 23.5 Å². The van der Waals surface area contributed by atoms with E-state index in [0.717, 1.165) is 31.7 Å². The molecule has 0 aromatic carbocycles. The number of amides is 3. The standard InChI is InChI=1S/C23H30F3N5O4/c1-21(2,19(33)28-3)4-5-31-17(23(24,25)26)15(11-29-31)18(32)30-16-13-6-12-7-14(16)10-22(8-12,9-13)35-20(27)34/h4-5,11-14,16H,6-10H2,1-3H3,(H2,27,34)(H,28,33)(H,30,32)/b5-4+. The number of carbonyl (C=O) groups excluding carboxylic acids is 3. The Morgan fingerprint density at radius 3 is 2.37 bits per heavy atom. The minimum absolute atomic E-state index is 0.0119. The van der Waals surface area contributed by atoms with Crippen LogP contribution in [0.15, 0.2) is 12.3 Å². The van der Waals surface area contributed by atoms with Gasteiger partial charge in [-0.15, -0.1) is 0 Å². The maximum Gasteiger partial charge on any atom is 0.434 e. The van der Waals surface area contributed by atoms with E-state index in [1.165, 1.54) is 13.1 Å². The van der Waals surface area contributed by atoms with Gasteiger partial charge >= 0.3 is 12.3 Å². The van der Waals surface area contributed by atoms with Crippen LogP contribution < -0.4 is 16.4 Å². The average molecular weight is 498 g/mol. The quantitative estimate of drug-likeness (QED) is 0.557. The molecule has 1 heterocycles. The number of primary amides is 1. The number of alkyl halides is 3. The van der Waals surface area contributed by atoms with E-state index in [2.05, 4.69) is 15.7 Å². The Kier molecular flexibility index (Phi) is 6.13. The molecule has 0 aliphatic heterocycles. The van der Waals surface area contributed by atoms with Gasteiger partial charge in [-0.3, -0.25) is 9.59 Å². The van der Waals surface area contributed by atoms with Gasteiger partial charge in [-0.25, -0.2) is 9.48 Å². The molecule has 0 spiro atoms. The van der Waals surface area contributed by atoms with Crippen LogP contribution >= 0.6 is 0 Å². The molecular weight excluding hydrogens is 467 g/mol. The normalized spacial score (nSPS) is 29.9. The Morgan fingerprint density at radius 1 is 1.20 bits per heavy atom. The maximum atomic E-state index is 14.0. The second kappa shape index (κ2) is 8.56. The lowest BCUT2D eigenvalue weighted by molar-refractivity contribution is -0.143. The van der Waals surface area contributed by atoms with Crippen molar-refractivity contribution in [2.45, 2.75) is 63.8 Å². The van der Waals surface area contributed by atoms with E-state index in [0.29, 0.717) is 23.4 Å². The van der Waals surface area contributed by atoms with Crippen LogP contribution in [0.4, 0.5) is 18.0 Å². The van der Waals surface area contributed by atoms with Gasteiger partial charge in [0.2, 0.25) is 5.91 Å². The number of hydrogen-bond acceptors (Lipinski definition) is 5. The first kappa shape index (κ1) is 25.1. The number of nitrogens with zero attached hydrogens (tertiary/aromatic N) is 2. The molecule has 35 heavy (non-hydrogen) atoms. The zero-order valence-electron chi connectivity index (χ0n) is 19.8. The molecule has 9 nitrogen and oxygen atoms in total. The lowest BCUT2D eigenvalue weighted by atomic mass is 9.52.